The van der Waals surface area contributed by atoms with Gasteiger partial charge >= 0.3 is 0 Å². The molecule has 0 radical (unpaired) electrons. The lowest BCUT2D eigenvalue weighted by atomic mass is 10.2. The van der Waals surface area contributed by atoms with E-state index in [0.717, 1.165) is 11.3 Å². The first-order valence-electron chi connectivity index (χ1n) is 9.59. The van der Waals surface area contributed by atoms with Gasteiger partial charge in [0, 0.05) is 30.3 Å². The van der Waals surface area contributed by atoms with E-state index in [4.69, 9.17) is 9.15 Å². The van der Waals surface area contributed by atoms with Crippen LogP contribution in [0, 0.1) is 0 Å². The minimum atomic E-state index is -3.98. The summed E-state index contributed by atoms with van der Waals surface area (Å²) in [5, 5.41) is 3.14. The molecule has 31 heavy (non-hydrogen) atoms. The molecule has 0 bridgehead atoms. The third-order valence-electron chi connectivity index (χ3n) is 4.74. The van der Waals surface area contributed by atoms with E-state index < -0.39 is 15.9 Å². The Bertz CT molecular complexity index is 1220. The third-order valence-corrected chi connectivity index (χ3v) is 7.66. The monoisotopic (exact) mass is 463 g/mol. The molecular formula is C20H21N3O6S2. The Morgan fingerprint density at radius 1 is 1.13 bits per heavy atom. The molecule has 0 spiro atoms. The average Bonchev–Trinajstić information content (AvgIpc) is 3.38. The maximum absolute atomic E-state index is 13.1. The highest BCUT2D eigenvalue weighted by atomic mass is 32.2. The fourth-order valence-corrected chi connectivity index (χ4v) is 5.58. The second-order valence-electron chi connectivity index (χ2n) is 6.94. The quantitative estimate of drug-likeness (QED) is 0.580. The molecule has 1 aliphatic heterocycles. The van der Waals surface area contributed by atoms with Gasteiger partial charge in [-0.3, -0.25) is 14.3 Å². The molecule has 4 rings (SSSR count). The van der Waals surface area contributed by atoms with Crippen LogP contribution < -0.4 is 10.0 Å². The van der Waals surface area contributed by atoms with Gasteiger partial charge < -0.3 is 19.4 Å². The number of morpholine rings is 1. The second-order valence-corrected chi connectivity index (χ2v) is 10.0. The summed E-state index contributed by atoms with van der Waals surface area (Å²) >= 11 is 1.04. The number of sulfonamides is 1. The van der Waals surface area contributed by atoms with Gasteiger partial charge in [-0.05, 0) is 24.3 Å². The van der Waals surface area contributed by atoms with Crippen molar-refractivity contribution in [2.75, 3.05) is 31.0 Å². The molecule has 0 saturated carbocycles. The first-order valence-corrected chi connectivity index (χ1v) is 11.9. The molecule has 1 saturated heterocycles. The molecule has 11 heteroatoms. The average molecular weight is 464 g/mol. The Kier molecular flexibility index (Phi) is 5.99. The molecule has 1 fully saturated rings. The van der Waals surface area contributed by atoms with Crippen LogP contribution in [-0.2, 0) is 26.1 Å². The normalized spacial score (nSPS) is 14.5. The standard InChI is InChI=1S/C20H21N3O6S2/c1-13(24)21-12-14-6-7-17(30-14)31(26,27)22-18-15-4-2-3-5-16(15)29-19(18)20(25)23-8-10-28-11-9-23/h2-7,22H,8-12H2,1H3,(H,21,24). The van der Waals surface area contributed by atoms with Crippen molar-refractivity contribution >= 4 is 49.8 Å². The van der Waals surface area contributed by atoms with Crippen LogP contribution >= 0.6 is 11.3 Å². The molecule has 1 aromatic carbocycles. The van der Waals surface area contributed by atoms with Crippen LogP contribution in [0.4, 0.5) is 5.69 Å². The van der Waals surface area contributed by atoms with E-state index in [1.165, 1.54) is 13.0 Å². The Labute approximate surface area is 183 Å². The van der Waals surface area contributed by atoms with Crippen molar-refractivity contribution in [2.24, 2.45) is 0 Å². The smallest absolute Gasteiger partial charge is 0.291 e. The zero-order valence-electron chi connectivity index (χ0n) is 16.7. The maximum atomic E-state index is 13.1. The topological polar surface area (TPSA) is 118 Å². The Morgan fingerprint density at radius 3 is 2.61 bits per heavy atom. The number of fused-ring (bicyclic) bond motifs is 1. The van der Waals surface area contributed by atoms with Gasteiger partial charge in [-0.1, -0.05) is 12.1 Å². The third kappa shape index (κ3) is 4.58. The largest absolute Gasteiger partial charge is 0.449 e. The number of nitrogens with zero attached hydrogens (tertiary/aromatic N) is 1. The summed E-state index contributed by atoms with van der Waals surface area (Å²) < 4.78 is 39.8. The Balaban J connectivity index is 1.67. The van der Waals surface area contributed by atoms with Gasteiger partial charge in [-0.2, -0.15) is 0 Å². The van der Waals surface area contributed by atoms with Crippen LogP contribution in [0.3, 0.4) is 0 Å². The summed E-state index contributed by atoms with van der Waals surface area (Å²) in [4.78, 5) is 26.4. The molecule has 3 heterocycles. The number of nitrogens with one attached hydrogen (secondary N) is 2. The van der Waals surface area contributed by atoms with Gasteiger partial charge in [-0.15, -0.1) is 11.3 Å². The van der Waals surface area contributed by atoms with Crippen LogP contribution in [0.25, 0.3) is 11.0 Å². The van der Waals surface area contributed by atoms with Crippen LogP contribution in [-0.4, -0.2) is 51.4 Å². The van der Waals surface area contributed by atoms with Gasteiger partial charge in [0.05, 0.1) is 19.8 Å². The van der Waals surface area contributed by atoms with E-state index >= 15 is 0 Å². The van der Waals surface area contributed by atoms with E-state index in [1.807, 2.05) is 0 Å². The Morgan fingerprint density at radius 2 is 1.87 bits per heavy atom. The van der Waals surface area contributed by atoms with E-state index in [0.29, 0.717) is 42.1 Å². The molecule has 0 unspecified atom stereocenters. The number of anilines is 1. The highest BCUT2D eigenvalue weighted by Gasteiger charge is 2.29. The molecule has 9 nitrogen and oxygen atoms in total. The number of amides is 2. The van der Waals surface area contributed by atoms with Crippen LogP contribution in [0.1, 0.15) is 22.4 Å². The zero-order chi connectivity index (χ0) is 22.0. The number of carbonyl (C=O) groups excluding carboxylic acids is 2. The van der Waals surface area contributed by atoms with Crippen molar-refractivity contribution in [3.05, 3.63) is 47.0 Å². The molecule has 2 amide bonds. The van der Waals surface area contributed by atoms with Crippen LogP contribution in [0.15, 0.2) is 45.0 Å². The SMILES string of the molecule is CC(=O)NCc1ccc(S(=O)(=O)Nc2c(C(=O)N3CCOCC3)oc3ccccc23)s1. The zero-order valence-corrected chi connectivity index (χ0v) is 18.3. The van der Waals surface area contributed by atoms with Crippen molar-refractivity contribution in [1.29, 1.82) is 0 Å². The molecular weight excluding hydrogens is 442 g/mol. The summed E-state index contributed by atoms with van der Waals surface area (Å²) in [6.45, 7) is 3.27. The highest BCUT2D eigenvalue weighted by molar-refractivity contribution is 7.94. The molecule has 0 aliphatic carbocycles. The van der Waals surface area contributed by atoms with Crippen LogP contribution in [0.5, 0.6) is 0 Å². The number of hydrogen-bond acceptors (Lipinski definition) is 7. The minimum Gasteiger partial charge on any atom is -0.449 e. The van der Waals surface area contributed by atoms with Gasteiger partial charge in [0.1, 0.15) is 15.5 Å². The molecule has 3 aromatic rings. The molecule has 2 aromatic heterocycles. The summed E-state index contributed by atoms with van der Waals surface area (Å²) in [5.41, 5.74) is 0.526. The summed E-state index contributed by atoms with van der Waals surface area (Å²) in [5.74, 6) is -0.650. The number of ether oxygens (including phenoxy) is 1. The van der Waals surface area contributed by atoms with Gasteiger partial charge in [0.25, 0.3) is 15.9 Å². The van der Waals surface area contributed by atoms with Gasteiger partial charge in [-0.25, -0.2) is 8.42 Å². The maximum Gasteiger partial charge on any atom is 0.291 e. The van der Waals surface area contributed by atoms with Crippen molar-refractivity contribution in [1.82, 2.24) is 10.2 Å². The van der Waals surface area contributed by atoms with Crippen molar-refractivity contribution in [3.8, 4) is 0 Å². The lowest BCUT2D eigenvalue weighted by Gasteiger charge is -2.26. The first kappa shape index (κ1) is 21.3. The predicted molar refractivity (Wildman–Crippen MR) is 116 cm³/mol. The van der Waals surface area contributed by atoms with E-state index in [1.54, 1.807) is 35.2 Å². The number of thiophene rings is 1. The highest BCUT2D eigenvalue weighted by Crippen LogP contribution is 2.34. The van der Waals surface area contributed by atoms with Gasteiger partial charge in [0.15, 0.2) is 0 Å². The van der Waals surface area contributed by atoms with E-state index in [2.05, 4.69) is 10.0 Å². The Hall–Kier alpha value is -2.89. The van der Waals surface area contributed by atoms with E-state index in [9.17, 15) is 18.0 Å². The predicted octanol–water partition coefficient (Wildman–Crippen LogP) is 2.40. The number of hydrogen-bond donors (Lipinski definition) is 2. The summed E-state index contributed by atoms with van der Waals surface area (Å²) in [7, 11) is -3.98. The number of furan rings is 1. The number of carbonyl (C=O) groups is 2. The van der Waals surface area contributed by atoms with Crippen molar-refractivity contribution in [2.45, 2.75) is 17.7 Å². The molecule has 2 N–H and O–H groups in total. The minimum absolute atomic E-state index is 0.0540. The fraction of sp³-hybridized carbons (Fsp3) is 0.300. The van der Waals surface area contributed by atoms with Crippen LogP contribution in [0.2, 0.25) is 0 Å². The van der Waals surface area contributed by atoms with Gasteiger partial charge in [0.2, 0.25) is 11.7 Å². The van der Waals surface area contributed by atoms with Crippen molar-refractivity contribution < 1.29 is 27.2 Å². The number of rotatable bonds is 6. The first-order chi connectivity index (χ1) is 14.8. The molecule has 0 atom stereocenters. The summed E-state index contributed by atoms with van der Waals surface area (Å²) in [6, 6.07) is 9.98. The second kappa shape index (κ2) is 8.69. The number of benzene rings is 1. The van der Waals surface area contributed by atoms with E-state index in [-0.39, 0.29) is 28.1 Å². The number of para-hydroxylation sites is 1. The fourth-order valence-electron chi connectivity index (χ4n) is 3.20. The lowest BCUT2D eigenvalue weighted by molar-refractivity contribution is -0.119. The lowest BCUT2D eigenvalue weighted by Crippen LogP contribution is -2.40. The molecule has 1 aliphatic rings. The van der Waals surface area contributed by atoms with Crippen molar-refractivity contribution in [3.63, 3.8) is 0 Å². The molecule has 164 valence electrons. The summed E-state index contributed by atoms with van der Waals surface area (Å²) in [6.07, 6.45) is 0.